The molecule has 176 valence electrons. The Morgan fingerprint density at radius 3 is 2.71 bits per heavy atom. The lowest BCUT2D eigenvalue weighted by Crippen LogP contribution is -2.36. The number of allylic oxidation sites excluding steroid dienone is 1. The van der Waals surface area contributed by atoms with E-state index in [0.717, 1.165) is 42.3 Å². The number of pyridine rings is 2. The van der Waals surface area contributed by atoms with Crippen LogP contribution in [0.1, 0.15) is 31.5 Å². The second-order valence-corrected chi connectivity index (χ2v) is 9.53. The van der Waals surface area contributed by atoms with Gasteiger partial charge in [-0.05, 0) is 44.5 Å². The van der Waals surface area contributed by atoms with Crippen molar-refractivity contribution in [2.75, 3.05) is 31.6 Å². The van der Waals surface area contributed by atoms with Crippen LogP contribution in [-0.4, -0.2) is 59.3 Å². The molecule has 34 heavy (non-hydrogen) atoms. The molecule has 0 spiro atoms. The van der Waals surface area contributed by atoms with E-state index >= 15 is 0 Å². The van der Waals surface area contributed by atoms with Gasteiger partial charge in [-0.25, -0.2) is 13.8 Å². The topological polar surface area (TPSA) is 44.6 Å². The third-order valence-electron chi connectivity index (χ3n) is 6.74. The zero-order valence-corrected chi connectivity index (χ0v) is 20.2. The number of fused-ring (bicyclic) bond motifs is 1. The standard InChI is InChI=1S/C26H26ClF2N5/c1-15(2)34-9-7-16(14-34)33(3)17-10-25-24(31-13-17)5-4-23(32-25)18-6-8-30-26(18)19-11-20(27)22(29)12-21(19)28/h4-6,10-13,15-16H,7-9,14H2,1-3H3/t16-/m1/s1. The predicted molar refractivity (Wildman–Crippen MR) is 134 cm³/mol. The zero-order valence-electron chi connectivity index (χ0n) is 19.4. The SMILES string of the molecule is CC(C)N1CC[C@@H](N(C)c2cnc3ccc(C4=CCN=C4c4cc(Cl)c(F)cc4F)nc3c2)C1. The first kappa shape index (κ1) is 22.9. The number of aliphatic imine (C=N–C) groups is 1. The molecule has 0 amide bonds. The maximum atomic E-state index is 14.5. The van der Waals surface area contributed by atoms with Crippen molar-refractivity contribution >= 4 is 39.6 Å². The first-order valence-corrected chi connectivity index (χ1v) is 11.8. The normalized spacial score (nSPS) is 18.6. The van der Waals surface area contributed by atoms with Gasteiger partial charge in [0, 0.05) is 49.4 Å². The number of anilines is 1. The number of likely N-dealkylation sites (N-methyl/N-ethyl adjacent to an activating group) is 1. The molecule has 2 aliphatic heterocycles. The van der Waals surface area contributed by atoms with E-state index in [2.05, 4.69) is 40.7 Å². The van der Waals surface area contributed by atoms with Crippen molar-refractivity contribution in [3.8, 4) is 0 Å². The van der Waals surface area contributed by atoms with Gasteiger partial charge in [0.1, 0.15) is 11.6 Å². The van der Waals surface area contributed by atoms with Gasteiger partial charge in [0.2, 0.25) is 0 Å². The number of nitrogens with zero attached hydrogens (tertiary/aromatic N) is 5. The first-order chi connectivity index (χ1) is 16.3. The van der Waals surface area contributed by atoms with Crippen molar-refractivity contribution in [3.05, 3.63) is 70.5 Å². The summed E-state index contributed by atoms with van der Waals surface area (Å²) in [5, 5.41) is -0.142. The average molecular weight is 482 g/mol. The summed E-state index contributed by atoms with van der Waals surface area (Å²) >= 11 is 5.92. The van der Waals surface area contributed by atoms with Gasteiger partial charge in [0.05, 0.1) is 45.9 Å². The van der Waals surface area contributed by atoms with Crippen molar-refractivity contribution in [3.63, 3.8) is 0 Å². The Morgan fingerprint density at radius 2 is 1.94 bits per heavy atom. The van der Waals surface area contributed by atoms with Crippen LogP contribution in [0.25, 0.3) is 16.6 Å². The number of aromatic nitrogens is 2. The molecule has 2 aliphatic rings. The van der Waals surface area contributed by atoms with E-state index in [-0.39, 0.29) is 10.6 Å². The van der Waals surface area contributed by atoms with Gasteiger partial charge in [-0.3, -0.25) is 14.9 Å². The second kappa shape index (κ2) is 9.04. The highest BCUT2D eigenvalue weighted by Crippen LogP contribution is 2.30. The number of benzene rings is 1. The summed E-state index contributed by atoms with van der Waals surface area (Å²) < 4.78 is 28.2. The van der Waals surface area contributed by atoms with Crippen LogP contribution in [0.2, 0.25) is 5.02 Å². The third-order valence-corrected chi connectivity index (χ3v) is 7.03. The molecule has 0 bridgehead atoms. The molecule has 4 heterocycles. The van der Waals surface area contributed by atoms with Gasteiger partial charge in [0.25, 0.3) is 0 Å². The predicted octanol–water partition coefficient (Wildman–Crippen LogP) is 5.37. The molecule has 0 radical (unpaired) electrons. The van der Waals surface area contributed by atoms with Crippen molar-refractivity contribution in [2.24, 2.45) is 4.99 Å². The Kier molecular flexibility index (Phi) is 6.08. The Morgan fingerprint density at radius 1 is 1.12 bits per heavy atom. The molecule has 3 aromatic rings. The summed E-state index contributed by atoms with van der Waals surface area (Å²) in [5.74, 6) is -1.50. The van der Waals surface area contributed by atoms with Crippen LogP contribution in [0.4, 0.5) is 14.5 Å². The van der Waals surface area contributed by atoms with Gasteiger partial charge in [0.15, 0.2) is 0 Å². The molecule has 0 saturated carbocycles. The van der Waals surface area contributed by atoms with Crippen molar-refractivity contribution in [2.45, 2.75) is 32.4 Å². The molecule has 8 heteroatoms. The highest BCUT2D eigenvalue weighted by Gasteiger charge is 2.28. The van der Waals surface area contributed by atoms with E-state index in [1.165, 1.54) is 6.07 Å². The van der Waals surface area contributed by atoms with Crippen molar-refractivity contribution in [1.82, 2.24) is 14.9 Å². The fourth-order valence-corrected chi connectivity index (χ4v) is 4.84. The summed E-state index contributed by atoms with van der Waals surface area (Å²) in [5.41, 5.74) is 4.50. The summed E-state index contributed by atoms with van der Waals surface area (Å²) in [7, 11) is 2.10. The van der Waals surface area contributed by atoms with Gasteiger partial charge in [-0.15, -0.1) is 0 Å². The lowest BCUT2D eigenvalue weighted by molar-refractivity contribution is 0.272. The molecule has 1 fully saturated rings. The maximum Gasteiger partial charge on any atom is 0.144 e. The highest BCUT2D eigenvalue weighted by molar-refractivity contribution is 6.35. The molecule has 1 saturated heterocycles. The van der Waals surface area contributed by atoms with E-state index in [9.17, 15) is 8.78 Å². The summed E-state index contributed by atoms with van der Waals surface area (Å²) in [4.78, 5) is 18.7. The molecule has 5 rings (SSSR count). The molecule has 2 aromatic heterocycles. The minimum absolute atomic E-state index is 0.142. The molecular formula is C26H26ClF2N5. The fraction of sp³-hybridized carbons (Fsp3) is 0.346. The Labute approximate surface area is 202 Å². The molecule has 5 nitrogen and oxygen atoms in total. The van der Waals surface area contributed by atoms with E-state index in [1.54, 1.807) is 0 Å². The van der Waals surface area contributed by atoms with Gasteiger partial charge >= 0.3 is 0 Å². The van der Waals surface area contributed by atoms with Crippen molar-refractivity contribution < 1.29 is 8.78 Å². The number of rotatable bonds is 5. The van der Waals surface area contributed by atoms with Crippen LogP contribution in [-0.2, 0) is 0 Å². The van der Waals surface area contributed by atoms with Crippen LogP contribution in [0.5, 0.6) is 0 Å². The highest BCUT2D eigenvalue weighted by atomic mass is 35.5. The summed E-state index contributed by atoms with van der Waals surface area (Å²) in [6.45, 7) is 6.97. The summed E-state index contributed by atoms with van der Waals surface area (Å²) in [6, 6.07) is 8.84. The number of likely N-dealkylation sites (tertiary alicyclic amines) is 1. The van der Waals surface area contributed by atoms with Gasteiger partial charge in [-0.2, -0.15) is 0 Å². The van der Waals surface area contributed by atoms with Crippen LogP contribution >= 0.6 is 11.6 Å². The van der Waals surface area contributed by atoms with Gasteiger partial charge in [-0.1, -0.05) is 17.7 Å². The molecule has 1 aromatic carbocycles. The van der Waals surface area contributed by atoms with Crippen molar-refractivity contribution in [1.29, 1.82) is 0 Å². The monoisotopic (exact) mass is 481 g/mol. The molecule has 0 unspecified atom stereocenters. The quantitative estimate of drug-likeness (QED) is 0.460. The smallest absolute Gasteiger partial charge is 0.144 e. The lowest BCUT2D eigenvalue weighted by atomic mass is 9.99. The lowest BCUT2D eigenvalue weighted by Gasteiger charge is -2.27. The van der Waals surface area contributed by atoms with Crippen LogP contribution in [0.3, 0.4) is 0 Å². The minimum atomic E-state index is -0.794. The Hall–Kier alpha value is -2.90. The Bertz CT molecular complexity index is 1320. The second-order valence-electron chi connectivity index (χ2n) is 9.12. The minimum Gasteiger partial charge on any atom is -0.369 e. The van der Waals surface area contributed by atoms with E-state index in [4.69, 9.17) is 16.6 Å². The Balaban J connectivity index is 1.45. The zero-order chi connectivity index (χ0) is 24.0. The van der Waals surface area contributed by atoms with Crippen LogP contribution in [0.15, 0.2) is 47.6 Å². The van der Waals surface area contributed by atoms with E-state index < -0.39 is 11.6 Å². The molecular weight excluding hydrogens is 456 g/mol. The fourth-order valence-electron chi connectivity index (χ4n) is 4.67. The number of hydrogen-bond acceptors (Lipinski definition) is 5. The number of halogens is 3. The van der Waals surface area contributed by atoms with Crippen LogP contribution < -0.4 is 4.90 Å². The first-order valence-electron chi connectivity index (χ1n) is 11.5. The summed E-state index contributed by atoms with van der Waals surface area (Å²) in [6.07, 6.45) is 4.89. The molecule has 1 atom stereocenters. The molecule has 0 N–H and O–H groups in total. The van der Waals surface area contributed by atoms with E-state index in [1.807, 2.05) is 30.5 Å². The average Bonchev–Trinajstić information content (AvgIpc) is 3.50. The third kappa shape index (κ3) is 4.18. The van der Waals surface area contributed by atoms with Gasteiger partial charge < -0.3 is 4.90 Å². The van der Waals surface area contributed by atoms with E-state index in [0.29, 0.717) is 35.6 Å². The molecule has 0 aliphatic carbocycles. The van der Waals surface area contributed by atoms with Crippen LogP contribution in [0, 0.1) is 11.6 Å². The maximum absolute atomic E-state index is 14.5. The number of hydrogen-bond donors (Lipinski definition) is 0. The largest absolute Gasteiger partial charge is 0.369 e.